The van der Waals surface area contributed by atoms with E-state index in [1.165, 1.54) is 6.08 Å². The summed E-state index contributed by atoms with van der Waals surface area (Å²) in [4.78, 5) is 8.96. The van der Waals surface area contributed by atoms with Crippen molar-refractivity contribution in [1.82, 2.24) is 0 Å². The third-order valence-corrected chi connectivity index (χ3v) is 0.970. The summed E-state index contributed by atoms with van der Waals surface area (Å²) >= 11 is 0. The molecule has 0 aliphatic carbocycles. The van der Waals surface area contributed by atoms with Gasteiger partial charge in [-0.1, -0.05) is 12.2 Å². The second kappa shape index (κ2) is 3.41. The highest BCUT2D eigenvalue weighted by Crippen LogP contribution is 2.03. The van der Waals surface area contributed by atoms with Crippen molar-refractivity contribution in [2.75, 3.05) is 6.61 Å². The first-order valence-corrected chi connectivity index (χ1v) is 2.83. The van der Waals surface area contributed by atoms with Crippen molar-refractivity contribution in [3.05, 3.63) is 23.9 Å². The highest BCUT2D eigenvalue weighted by Gasteiger charge is 2.17. The van der Waals surface area contributed by atoms with Crippen molar-refractivity contribution < 1.29 is 19.8 Å². The van der Waals surface area contributed by atoms with Crippen LogP contribution in [0.2, 0.25) is 0 Å². The SMILES string of the molecule is OB(O)C1=CC=CCOO1. The molecule has 1 heterocycles. The average Bonchev–Trinajstić information content (AvgIpc) is 2.12. The zero-order valence-electron chi connectivity index (χ0n) is 5.23. The molecule has 0 atom stereocenters. The van der Waals surface area contributed by atoms with Gasteiger partial charge in [-0.25, -0.2) is 0 Å². The van der Waals surface area contributed by atoms with Gasteiger partial charge in [-0.2, -0.15) is 4.89 Å². The lowest BCUT2D eigenvalue weighted by Crippen LogP contribution is -2.17. The van der Waals surface area contributed by atoms with Crippen LogP contribution in [0, 0.1) is 0 Å². The Hall–Kier alpha value is -0.775. The van der Waals surface area contributed by atoms with E-state index in [4.69, 9.17) is 10.0 Å². The molecule has 0 aromatic carbocycles. The normalized spacial score (nSPS) is 17.2. The Morgan fingerprint density at radius 3 is 3.00 bits per heavy atom. The van der Waals surface area contributed by atoms with E-state index in [9.17, 15) is 0 Å². The van der Waals surface area contributed by atoms with Crippen molar-refractivity contribution in [2.45, 2.75) is 0 Å². The Kier molecular flexibility index (Phi) is 2.50. The first kappa shape index (κ1) is 7.33. The zero-order valence-corrected chi connectivity index (χ0v) is 5.23. The number of hydrogen-bond donors (Lipinski definition) is 2. The van der Waals surface area contributed by atoms with Gasteiger partial charge in [0.15, 0.2) is 5.66 Å². The first-order chi connectivity index (χ1) is 4.80. The van der Waals surface area contributed by atoms with Gasteiger partial charge >= 0.3 is 7.12 Å². The van der Waals surface area contributed by atoms with Crippen LogP contribution in [0.3, 0.4) is 0 Å². The van der Waals surface area contributed by atoms with Gasteiger partial charge in [-0.3, -0.25) is 0 Å². The fourth-order valence-corrected chi connectivity index (χ4v) is 0.517. The van der Waals surface area contributed by atoms with Crippen molar-refractivity contribution >= 4 is 7.12 Å². The monoisotopic (exact) mass is 142 g/mol. The Labute approximate surface area is 58.5 Å². The molecule has 0 amide bonds. The Balaban J connectivity index is 2.57. The van der Waals surface area contributed by atoms with Gasteiger partial charge in [-0.05, 0) is 6.08 Å². The minimum absolute atomic E-state index is 0.00579. The molecular weight excluding hydrogens is 135 g/mol. The maximum atomic E-state index is 8.55. The predicted molar refractivity (Wildman–Crippen MR) is 34.5 cm³/mol. The van der Waals surface area contributed by atoms with E-state index in [-0.39, 0.29) is 5.66 Å². The smallest absolute Gasteiger partial charge is 0.421 e. The van der Waals surface area contributed by atoms with Crippen molar-refractivity contribution in [3.63, 3.8) is 0 Å². The minimum Gasteiger partial charge on any atom is -0.421 e. The maximum absolute atomic E-state index is 8.55. The predicted octanol–water partition coefficient (Wildman–Crippen LogP) is -0.600. The molecule has 54 valence electrons. The lowest BCUT2D eigenvalue weighted by Gasteiger charge is -2.02. The van der Waals surface area contributed by atoms with Crippen molar-refractivity contribution in [2.24, 2.45) is 0 Å². The third-order valence-electron chi connectivity index (χ3n) is 0.970. The summed E-state index contributed by atoms with van der Waals surface area (Å²) in [6, 6.07) is 0. The fourth-order valence-electron chi connectivity index (χ4n) is 0.517. The van der Waals surface area contributed by atoms with Gasteiger partial charge in [0.25, 0.3) is 0 Å². The van der Waals surface area contributed by atoms with Crippen LogP contribution in [0.4, 0.5) is 0 Å². The van der Waals surface area contributed by atoms with Crippen LogP contribution in [0.15, 0.2) is 23.9 Å². The molecule has 0 fully saturated rings. The molecule has 0 aromatic heterocycles. The molecular formula is C5H7BO4. The van der Waals surface area contributed by atoms with E-state index in [1.807, 2.05) is 0 Å². The number of allylic oxidation sites excluding steroid dienone is 2. The Morgan fingerprint density at radius 1 is 1.50 bits per heavy atom. The molecule has 2 N–H and O–H groups in total. The van der Waals surface area contributed by atoms with E-state index >= 15 is 0 Å². The van der Waals surface area contributed by atoms with Crippen LogP contribution < -0.4 is 0 Å². The lowest BCUT2D eigenvalue weighted by molar-refractivity contribution is -0.246. The molecule has 0 aromatic rings. The van der Waals surface area contributed by atoms with Crippen LogP contribution in [-0.4, -0.2) is 23.8 Å². The quantitative estimate of drug-likeness (QED) is 0.379. The molecule has 0 unspecified atom stereocenters. The summed E-state index contributed by atoms with van der Waals surface area (Å²) < 4.78 is 0. The topological polar surface area (TPSA) is 58.9 Å². The Bertz CT molecular complexity index is 163. The maximum Gasteiger partial charge on any atom is 0.530 e. The molecule has 10 heavy (non-hydrogen) atoms. The van der Waals surface area contributed by atoms with Crippen LogP contribution in [0.1, 0.15) is 0 Å². The first-order valence-electron chi connectivity index (χ1n) is 2.83. The van der Waals surface area contributed by atoms with Gasteiger partial charge < -0.3 is 14.9 Å². The van der Waals surface area contributed by atoms with E-state index in [0.29, 0.717) is 6.61 Å². The highest BCUT2D eigenvalue weighted by molar-refractivity contribution is 6.49. The largest absolute Gasteiger partial charge is 0.530 e. The van der Waals surface area contributed by atoms with E-state index in [2.05, 4.69) is 9.78 Å². The van der Waals surface area contributed by atoms with E-state index in [0.717, 1.165) is 0 Å². The third kappa shape index (κ3) is 1.87. The molecule has 1 aliphatic rings. The molecule has 0 radical (unpaired) electrons. The van der Waals surface area contributed by atoms with Crippen LogP contribution in [0.5, 0.6) is 0 Å². The fraction of sp³-hybridized carbons (Fsp3) is 0.200. The van der Waals surface area contributed by atoms with E-state index < -0.39 is 7.12 Å². The molecule has 0 spiro atoms. The number of rotatable bonds is 1. The van der Waals surface area contributed by atoms with Gasteiger partial charge in [0.05, 0.1) is 0 Å². The van der Waals surface area contributed by atoms with Crippen molar-refractivity contribution in [3.8, 4) is 0 Å². The summed E-state index contributed by atoms with van der Waals surface area (Å²) in [7, 11) is -1.61. The molecule has 1 rings (SSSR count). The highest BCUT2D eigenvalue weighted by atomic mass is 17.2. The summed E-state index contributed by atoms with van der Waals surface area (Å²) in [5.41, 5.74) is -0.00579. The van der Waals surface area contributed by atoms with Gasteiger partial charge in [0, 0.05) is 0 Å². The minimum atomic E-state index is -1.61. The van der Waals surface area contributed by atoms with Crippen molar-refractivity contribution in [1.29, 1.82) is 0 Å². The molecule has 0 saturated heterocycles. The van der Waals surface area contributed by atoms with E-state index in [1.54, 1.807) is 12.2 Å². The summed E-state index contributed by atoms with van der Waals surface area (Å²) in [5.74, 6) is 0. The molecule has 0 bridgehead atoms. The molecule has 4 nitrogen and oxygen atoms in total. The summed E-state index contributed by atoms with van der Waals surface area (Å²) in [6.45, 7) is 0.312. The van der Waals surface area contributed by atoms with Gasteiger partial charge in [-0.15, -0.1) is 0 Å². The van der Waals surface area contributed by atoms with Crippen LogP contribution in [-0.2, 0) is 9.78 Å². The second-order valence-electron chi connectivity index (χ2n) is 1.74. The molecule has 0 saturated carbocycles. The van der Waals surface area contributed by atoms with Crippen LogP contribution in [0.25, 0.3) is 0 Å². The van der Waals surface area contributed by atoms with Gasteiger partial charge in [0.2, 0.25) is 0 Å². The Morgan fingerprint density at radius 2 is 2.30 bits per heavy atom. The van der Waals surface area contributed by atoms with Crippen LogP contribution >= 0.6 is 0 Å². The lowest BCUT2D eigenvalue weighted by atomic mass is 9.88. The average molecular weight is 142 g/mol. The number of hydrogen-bond acceptors (Lipinski definition) is 4. The molecule has 1 aliphatic heterocycles. The summed E-state index contributed by atoms with van der Waals surface area (Å²) in [5, 5.41) is 17.1. The summed E-state index contributed by atoms with van der Waals surface area (Å²) in [6.07, 6.45) is 4.74. The molecule has 5 heteroatoms. The standard InChI is InChI=1S/C5H7BO4/c7-6(8)5-3-1-2-4-9-10-5/h1-3,7-8H,4H2. The second-order valence-corrected chi connectivity index (χ2v) is 1.74. The van der Waals surface area contributed by atoms with Gasteiger partial charge in [0.1, 0.15) is 6.61 Å². The zero-order chi connectivity index (χ0) is 7.40.